The minimum atomic E-state index is -0.238. The van der Waals surface area contributed by atoms with Crippen molar-refractivity contribution in [2.24, 2.45) is 0 Å². The van der Waals surface area contributed by atoms with Crippen molar-refractivity contribution in [1.29, 1.82) is 0 Å². The van der Waals surface area contributed by atoms with Crippen LogP contribution in [0, 0.1) is 13.8 Å². The van der Waals surface area contributed by atoms with E-state index in [1.165, 1.54) is 22.5 Å². The standard InChI is InChI=1S/C17H18N4OS/c1-4-21-8-7-14(20-21)16(22)19-17-18-15(10-23-17)13-6-5-11(2)12(3)9-13/h5-10H,4H2,1-3H3,(H,18,19,22). The first-order valence-corrected chi connectivity index (χ1v) is 8.32. The van der Waals surface area contributed by atoms with E-state index in [2.05, 4.69) is 41.4 Å². The molecule has 0 atom stereocenters. The van der Waals surface area contributed by atoms with Gasteiger partial charge in [0.1, 0.15) is 0 Å². The maximum absolute atomic E-state index is 12.2. The van der Waals surface area contributed by atoms with Gasteiger partial charge < -0.3 is 0 Å². The monoisotopic (exact) mass is 326 g/mol. The fourth-order valence-electron chi connectivity index (χ4n) is 2.18. The van der Waals surface area contributed by atoms with Gasteiger partial charge in [0, 0.05) is 23.7 Å². The van der Waals surface area contributed by atoms with Crippen LogP contribution in [-0.4, -0.2) is 20.7 Å². The zero-order valence-electron chi connectivity index (χ0n) is 13.3. The maximum atomic E-state index is 12.2. The number of carbonyl (C=O) groups excluding carboxylic acids is 1. The lowest BCUT2D eigenvalue weighted by atomic mass is 10.1. The van der Waals surface area contributed by atoms with Crippen molar-refractivity contribution >= 4 is 22.4 Å². The van der Waals surface area contributed by atoms with E-state index in [0.29, 0.717) is 10.8 Å². The van der Waals surface area contributed by atoms with Crippen LogP contribution in [0.5, 0.6) is 0 Å². The van der Waals surface area contributed by atoms with Gasteiger partial charge >= 0.3 is 0 Å². The Morgan fingerprint density at radius 2 is 2.09 bits per heavy atom. The number of nitrogens with one attached hydrogen (secondary N) is 1. The van der Waals surface area contributed by atoms with E-state index in [1.54, 1.807) is 16.9 Å². The molecule has 5 nitrogen and oxygen atoms in total. The molecule has 0 saturated carbocycles. The van der Waals surface area contributed by atoms with Gasteiger partial charge in [-0.3, -0.25) is 14.8 Å². The molecule has 2 heterocycles. The lowest BCUT2D eigenvalue weighted by Crippen LogP contribution is -2.13. The molecule has 0 spiro atoms. The van der Waals surface area contributed by atoms with Crippen molar-refractivity contribution < 1.29 is 4.79 Å². The van der Waals surface area contributed by atoms with Gasteiger partial charge in [-0.2, -0.15) is 5.10 Å². The number of anilines is 1. The summed E-state index contributed by atoms with van der Waals surface area (Å²) in [6.07, 6.45) is 1.79. The van der Waals surface area contributed by atoms with Crippen molar-refractivity contribution in [3.8, 4) is 11.3 Å². The molecule has 3 aromatic rings. The van der Waals surface area contributed by atoms with E-state index in [1.807, 2.05) is 18.4 Å². The highest BCUT2D eigenvalue weighted by molar-refractivity contribution is 7.14. The van der Waals surface area contributed by atoms with Gasteiger partial charge in [-0.25, -0.2) is 4.98 Å². The first-order valence-electron chi connectivity index (χ1n) is 7.45. The van der Waals surface area contributed by atoms with Gasteiger partial charge in [0.05, 0.1) is 5.69 Å². The summed E-state index contributed by atoms with van der Waals surface area (Å²) >= 11 is 1.41. The fraction of sp³-hybridized carbons (Fsp3) is 0.235. The van der Waals surface area contributed by atoms with Crippen molar-refractivity contribution in [2.45, 2.75) is 27.3 Å². The molecule has 0 aliphatic heterocycles. The third kappa shape index (κ3) is 3.32. The lowest BCUT2D eigenvalue weighted by molar-refractivity contribution is 0.102. The highest BCUT2D eigenvalue weighted by Crippen LogP contribution is 2.26. The number of rotatable bonds is 4. The molecule has 1 N–H and O–H groups in total. The fourth-order valence-corrected chi connectivity index (χ4v) is 2.90. The number of carbonyl (C=O) groups is 1. The van der Waals surface area contributed by atoms with E-state index in [4.69, 9.17) is 0 Å². The summed E-state index contributed by atoms with van der Waals surface area (Å²) in [5.41, 5.74) is 4.80. The summed E-state index contributed by atoms with van der Waals surface area (Å²) in [4.78, 5) is 16.7. The predicted molar refractivity (Wildman–Crippen MR) is 92.9 cm³/mol. The molecule has 1 aromatic carbocycles. The molecule has 0 aliphatic rings. The minimum absolute atomic E-state index is 0.238. The van der Waals surface area contributed by atoms with E-state index >= 15 is 0 Å². The average Bonchev–Trinajstić information content (AvgIpc) is 3.19. The van der Waals surface area contributed by atoms with E-state index in [-0.39, 0.29) is 5.91 Å². The Hall–Kier alpha value is -2.47. The molecular weight excluding hydrogens is 308 g/mol. The van der Waals surface area contributed by atoms with Gasteiger partial charge in [-0.05, 0) is 44.0 Å². The van der Waals surface area contributed by atoms with Crippen LogP contribution in [0.25, 0.3) is 11.3 Å². The van der Waals surface area contributed by atoms with Crippen LogP contribution in [0.3, 0.4) is 0 Å². The van der Waals surface area contributed by atoms with Gasteiger partial charge in [0.25, 0.3) is 5.91 Å². The second-order valence-electron chi connectivity index (χ2n) is 5.35. The molecule has 0 radical (unpaired) electrons. The van der Waals surface area contributed by atoms with Crippen LogP contribution in [0.1, 0.15) is 28.5 Å². The molecule has 1 amide bonds. The molecule has 0 saturated heterocycles. The highest BCUT2D eigenvalue weighted by Gasteiger charge is 2.12. The van der Waals surface area contributed by atoms with Crippen molar-refractivity contribution in [3.05, 3.63) is 52.7 Å². The van der Waals surface area contributed by atoms with Crippen LogP contribution >= 0.6 is 11.3 Å². The SMILES string of the molecule is CCn1ccc(C(=O)Nc2nc(-c3ccc(C)c(C)c3)cs2)n1. The molecule has 2 aromatic heterocycles. The van der Waals surface area contributed by atoms with Crippen LogP contribution < -0.4 is 5.32 Å². The summed E-state index contributed by atoms with van der Waals surface area (Å²) in [6, 6.07) is 7.95. The van der Waals surface area contributed by atoms with Gasteiger partial charge in [0.15, 0.2) is 10.8 Å². The lowest BCUT2D eigenvalue weighted by Gasteiger charge is -2.02. The molecular formula is C17H18N4OS. The summed E-state index contributed by atoms with van der Waals surface area (Å²) in [7, 11) is 0. The Morgan fingerprint density at radius 1 is 1.26 bits per heavy atom. The van der Waals surface area contributed by atoms with Gasteiger partial charge in [-0.1, -0.05) is 12.1 Å². The van der Waals surface area contributed by atoms with Crippen LogP contribution in [0.2, 0.25) is 0 Å². The van der Waals surface area contributed by atoms with Crippen molar-refractivity contribution in [2.75, 3.05) is 5.32 Å². The first-order chi connectivity index (χ1) is 11.1. The number of aromatic nitrogens is 3. The molecule has 0 aliphatic carbocycles. The Bertz CT molecular complexity index is 850. The summed E-state index contributed by atoms with van der Waals surface area (Å²) in [6.45, 7) is 6.88. The number of benzene rings is 1. The van der Waals surface area contributed by atoms with E-state index < -0.39 is 0 Å². The molecule has 118 valence electrons. The third-order valence-electron chi connectivity index (χ3n) is 3.72. The Labute approximate surface area is 139 Å². The Morgan fingerprint density at radius 3 is 2.78 bits per heavy atom. The Balaban J connectivity index is 1.76. The van der Waals surface area contributed by atoms with E-state index in [0.717, 1.165) is 17.8 Å². The number of hydrogen-bond donors (Lipinski definition) is 1. The van der Waals surface area contributed by atoms with Crippen molar-refractivity contribution in [3.63, 3.8) is 0 Å². The molecule has 0 bridgehead atoms. The zero-order valence-corrected chi connectivity index (χ0v) is 14.1. The molecule has 23 heavy (non-hydrogen) atoms. The topological polar surface area (TPSA) is 59.8 Å². The first kappa shape index (κ1) is 15.4. The molecule has 0 unspecified atom stereocenters. The normalized spacial score (nSPS) is 10.7. The summed E-state index contributed by atoms with van der Waals surface area (Å²) in [5.74, 6) is -0.238. The van der Waals surface area contributed by atoms with Gasteiger partial charge in [-0.15, -0.1) is 11.3 Å². The molecule has 6 heteroatoms. The molecule has 3 rings (SSSR count). The number of amides is 1. The predicted octanol–water partition coefficient (Wildman–Crippen LogP) is 3.90. The van der Waals surface area contributed by atoms with Crippen molar-refractivity contribution in [1.82, 2.24) is 14.8 Å². The van der Waals surface area contributed by atoms with Crippen LogP contribution in [-0.2, 0) is 6.54 Å². The number of hydrogen-bond acceptors (Lipinski definition) is 4. The average molecular weight is 326 g/mol. The third-order valence-corrected chi connectivity index (χ3v) is 4.48. The van der Waals surface area contributed by atoms with Gasteiger partial charge in [0.2, 0.25) is 0 Å². The zero-order chi connectivity index (χ0) is 16.4. The number of nitrogens with zero attached hydrogens (tertiary/aromatic N) is 3. The molecule has 0 fully saturated rings. The second-order valence-corrected chi connectivity index (χ2v) is 6.21. The summed E-state index contributed by atoms with van der Waals surface area (Å²) in [5, 5.41) is 9.52. The largest absolute Gasteiger partial charge is 0.296 e. The maximum Gasteiger partial charge on any atom is 0.277 e. The quantitative estimate of drug-likeness (QED) is 0.791. The van der Waals surface area contributed by atoms with E-state index in [9.17, 15) is 4.79 Å². The number of thiazole rings is 1. The second kappa shape index (κ2) is 6.34. The van der Waals surface area contributed by atoms with Crippen LogP contribution in [0.15, 0.2) is 35.8 Å². The highest BCUT2D eigenvalue weighted by atomic mass is 32.1. The Kier molecular flexibility index (Phi) is 4.25. The number of aryl methyl sites for hydroxylation is 3. The smallest absolute Gasteiger partial charge is 0.277 e. The van der Waals surface area contributed by atoms with Crippen LogP contribution in [0.4, 0.5) is 5.13 Å². The minimum Gasteiger partial charge on any atom is -0.296 e. The summed E-state index contributed by atoms with van der Waals surface area (Å²) < 4.78 is 1.72.